The van der Waals surface area contributed by atoms with Gasteiger partial charge in [0.1, 0.15) is 12.1 Å². The fourth-order valence-electron chi connectivity index (χ4n) is 3.34. The Morgan fingerprint density at radius 1 is 1.04 bits per heavy atom. The van der Waals surface area contributed by atoms with Crippen LogP contribution in [0.15, 0.2) is 54.9 Å². The lowest BCUT2D eigenvalue weighted by Crippen LogP contribution is -2.50. The first-order valence-corrected chi connectivity index (χ1v) is 8.99. The summed E-state index contributed by atoms with van der Waals surface area (Å²) in [7, 11) is 0. The number of amides is 1. The van der Waals surface area contributed by atoms with Crippen LogP contribution < -0.4 is 5.32 Å². The number of aromatic nitrogens is 1. The highest BCUT2D eigenvalue weighted by Gasteiger charge is 2.34. The predicted octanol–water partition coefficient (Wildman–Crippen LogP) is 2.27. The highest BCUT2D eigenvalue weighted by molar-refractivity contribution is 5.85. The van der Waals surface area contributed by atoms with Crippen LogP contribution in [-0.4, -0.2) is 51.7 Å². The van der Waals surface area contributed by atoms with Crippen LogP contribution in [0.1, 0.15) is 36.1 Å². The molecular weight excluding hydrogens is 401 g/mol. The molecule has 2 heterocycles. The highest BCUT2D eigenvalue weighted by atomic mass is 35.5. The van der Waals surface area contributed by atoms with Gasteiger partial charge in [-0.05, 0) is 36.1 Å². The molecule has 8 heteroatoms. The summed E-state index contributed by atoms with van der Waals surface area (Å²) < 4.78 is 0. The van der Waals surface area contributed by atoms with E-state index in [-0.39, 0.29) is 37.3 Å². The second-order valence-electron chi connectivity index (χ2n) is 6.55. The van der Waals surface area contributed by atoms with Gasteiger partial charge in [-0.3, -0.25) is 15.1 Å². The lowest BCUT2D eigenvalue weighted by molar-refractivity contribution is -0.135. The molecule has 1 saturated heterocycles. The average Bonchev–Trinajstić information content (AvgIpc) is 3.24. The zero-order valence-electron chi connectivity index (χ0n) is 15.5. The molecule has 1 amide bonds. The molecule has 3 unspecified atom stereocenters. The van der Waals surface area contributed by atoms with Gasteiger partial charge in [-0.1, -0.05) is 30.3 Å². The maximum atomic E-state index is 13.0. The number of aliphatic hydroxyl groups is 2. The van der Waals surface area contributed by atoms with Crippen molar-refractivity contribution in [1.29, 1.82) is 0 Å². The van der Waals surface area contributed by atoms with Crippen molar-refractivity contribution in [3.63, 3.8) is 0 Å². The minimum absolute atomic E-state index is 0. The minimum Gasteiger partial charge on any atom is -0.394 e. The topological polar surface area (TPSA) is 85.7 Å². The molecule has 0 aliphatic carbocycles. The summed E-state index contributed by atoms with van der Waals surface area (Å²) in [4.78, 5) is 18.8. The first kappa shape index (κ1) is 24.3. The molecule has 154 valence electrons. The van der Waals surface area contributed by atoms with Crippen LogP contribution in [0, 0.1) is 0 Å². The van der Waals surface area contributed by atoms with Gasteiger partial charge in [0.05, 0.1) is 12.6 Å². The van der Waals surface area contributed by atoms with E-state index in [4.69, 9.17) is 0 Å². The lowest BCUT2D eigenvalue weighted by Gasteiger charge is -2.31. The zero-order valence-corrected chi connectivity index (χ0v) is 17.1. The van der Waals surface area contributed by atoms with E-state index in [1.54, 1.807) is 29.4 Å². The molecule has 2 aromatic rings. The second kappa shape index (κ2) is 12.0. The smallest absolute Gasteiger partial charge is 0.242 e. The van der Waals surface area contributed by atoms with E-state index in [0.717, 1.165) is 18.4 Å². The van der Waals surface area contributed by atoms with Crippen LogP contribution in [0.2, 0.25) is 0 Å². The van der Waals surface area contributed by atoms with Crippen molar-refractivity contribution in [2.45, 2.75) is 31.0 Å². The number of hydrogen-bond acceptors (Lipinski definition) is 5. The third-order valence-electron chi connectivity index (χ3n) is 4.81. The molecule has 3 N–H and O–H groups in total. The number of halogens is 2. The summed E-state index contributed by atoms with van der Waals surface area (Å²) >= 11 is 0. The molecule has 6 nitrogen and oxygen atoms in total. The normalized spacial score (nSPS) is 16.4. The van der Waals surface area contributed by atoms with Crippen LogP contribution in [0.5, 0.6) is 0 Å². The number of carbonyl (C=O) groups excluding carboxylic acids is 1. The summed E-state index contributed by atoms with van der Waals surface area (Å²) in [6.45, 7) is 1.24. The van der Waals surface area contributed by atoms with E-state index in [1.807, 2.05) is 30.3 Å². The number of aliphatic hydroxyl groups excluding tert-OH is 2. The summed E-state index contributed by atoms with van der Waals surface area (Å²) in [6.07, 6.45) is 4.12. The van der Waals surface area contributed by atoms with Crippen LogP contribution in [0.4, 0.5) is 0 Å². The monoisotopic (exact) mass is 427 g/mol. The third kappa shape index (κ3) is 5.90. The Hall–Kier alpha value is -1.70. The first-order valence-electron chi connectivity index (χ1n) is 8.99. The summed E-state index contributed by atoms with van der Waals surface area (Å²) in [5, 5.41) is 23.9. The van der Waals surface area contributed by atoms with E-state index >= 15 is 0 Å². The lowest BCUT2D eigenvalue weighted by atomic mass is 9.99. The molecule has 0 radical (unpaired) electrons. The number of nitrogens with one attached hydrogen (secondary N) is 1. The Balaban J connectivity index is 0.00000196. The Morgan fingerprint density at radius 3 is 2.21 bits per heavy atom. The molecule has 0 bridgehead atoms. The fourth-order valence-corrected chi connectivity index (χ4v) is 3.34. The molecule has 28 heavy (non-hydrogen) atoms. The molecule has 1 fully saturated rings. The molecule has 3 atom stereocenters. The first-order chi connectivity index (χ1) is 12.7. The largest absolute Gasteiger partial charge is 0.394 e. The van der Waals surface area contributed by atoms with E-state index in [0.29, 0.717) is 18.7 Å². The molecule has 0 spiro atoms. The van der Waals surface area contributed by atoms with Crippen molar-refractivity contribution < 1.29 is 15.0 Å². The van der Waals surface area contributed by atoms with Gasteiger partial charge in [0.2, 0.25) is 5.91 Å². The Labute approximate surface area is 177 Å². The van der Waals surface area contributed by atoms with Crippen molar-refractivity contribution in [2.24, 2.45) is 0 Å². The number of hydrogen-bond donors (Lipinski definition) is 3. The third-order valence-corrected chi connectivity index (χ3v) is 4.81. The number of carbonyl (C=O) groups is 1. The Morgan fingerprint density at radius 2 is 1.64 bits per heavy atom. The number of nitrogens with zero attached hydrogens (tertiary/aromatic N) is 2. The summed E-state index contributed by atoms with van der Waals surface area (Å²) in [6, 6.07) is 11.6. The van der Waals surface area contributed by atoms with E-state index in [9.17, 15) is 15.0 Å². The number of benzene rings is 1. The van der Waals surface area contributed by atoms with Crippen molar-refractivity contribution in [3.8, 4) is 0 Å². The highest BCUT2D eigenvalue weighted by Crippen LogP contribution is 2.23. The van der Waals surface area contributed by atoms with Crippen LogP contribution in [-0.2, 0) is 4.79 Å². The van der Waals surface area contributed by atoms with Crippen molar-refractivity contribution in [2.75, 3.05) is 19.7 Å². The number of rotatable bonds is 7. The van der Waals surface area contributed by atoms with E-state index < -0.39 is 18.2 Å². The maximum absolute atomic E-state index is 13.0. The standard InChI is InChI=1S/C20H25N3O3.2ClH/c24-14-17(15-6-2-1-3-7-15)22-18(20(26)23-12-4-5-13-23)19(25)16-8-10-21-11-9-16;;/h1-3,6-11,17-19,22,24-25H,4-5,12-14H2;2*1H. The molecular formula is C20H27Cl2N3O3. The Kier molecular flexibility index (Phi) is 10.4. The van der Waals surface area contributed by atoms with Gasteiger partial charge in [-0.25, -0.2) is 0 Å². The van der Waals surface area contributed by atoms with Crippen LogP contribution >= 0.6 is 24.8 Å². The van der Waals surface area contributed by atoms with Gasteiger partial charge in [-0.15, -0.1) is 24.8 Å². The molecule has 1 aromatic heterocycles. The summed E-state index contributed by atoms with van der Waals surface area (Å²) in [5.41, 5.74) is 1.49. The van der Waals surface area contributed by atoms with E-state index in [2.05, 4.69) is 10.3 Å². The predicted molar refractivity (Wildman–Crippen MR) is 113 cm³/mol. The zero-order chi connectivity index (χ0) is 18.4. The fraction of sp³-hybridized carbons (Fsp3) is 0.400. The molecule has 0 saturated carbocycles. The minimum atomic E-state index is -1.02. The molecule has 1 aliphatic heterocycles. The number of pyridine rings is 1. The average molecular weight is 428 g/mol. The molecule has 1 aromatic carbocycles. The van der Waals surface area contributed by atoms with Crippen LogP contribution in [0.25, 0.3) is 0 Å². The van der Waals surface area contributed by atoms with Gasteiger partial charge >= 0.3 is 0 Å². The van der Waals surface area contributed by atoms with Crippen LogP contribution in [0.3, 0.4) is 0 Å². The van der Waals surface area contributed by atoms with Crippen molar-refractivity contribution in [1.82, 2.24) is 15.2 Å². The van der Waals surface area contributed by atoms with Gasteiger partial charge in [0, 0.05) is 25.5 Å². The maximum Gasteiger partial charge on any atom is 0.242 e. The molecule has 1 aliphatic rings. The van der Waals surface area contributed by atoms with Gasteiger partial charge in [0.15, 0.2) is 0 Å². The van der Waals surface area contributed by atoms with Gasteiger partial charge < -0.3 is 15.1 Å². The van der Waals surface area contributed by atoms with Gasteiger partial charge in [0.25, 0.3) is 0 Å². The SMILES string of the molecule is Cl.Cl.O=C(C(NC(CO)c1ccccc1)C(O)c1ccncc1)N1CCCC1. The summed E-state index contributed by atoms with van der Waals surface area (Å²) in [5.74, 6) is -0.138. The van der Waals surface area contributed by atoms with Gasteiger partial charge in [-0.2, -0.15) is 0 Å². The van der Waals surface area contributed by atoms with Crippen molar-refractivity contribution in [3.05, 3.63) is 66.0 Å². The Bertz CT molecular complexity index is 700. The van der Waals surface area contributed by atoms with Crippen molar-refractivity contribution >= 4 is 30.7 Å². The van der Waals surface area contributed by atoms with E-state index in [1.165, 1.54) is 0 Å². The number of likely N-dealkylation sites (tertiary alicyclic amines) is 1. The quantitative estimate of drug-likeness (QED) is 0.630. The second-order valence-corrected chi connectivity index (χ2v) is 6.55. The molecule has 3 rings (SSSR count).